The van der Waals surface area contributed by atoms with E-state index in [2.05, 4.69) is 24.1 Å². The average molecular weight is 329 g/mol. The molecule has 0 spiro atoms. The van der Waals surface area contributed by atoms with Crippen LogP contribution in [-0.4, -0.2) is 22.0 Å². The van der Waals surface area contributed by atoms with Crippen LogP contribution in [0.4, 0.5) is 5.95 Å². The highest BCUT2D eigenvalue weighted by molar-refractivity contribution is 5.89. The first kappa shape index (κ1) is 19.0. The third kappa shape index (κ3) is 4.99. The number of hydrogen-bond acceptors (Lipinski definition) is 3. The van der Waals surface area contributed by atoms with Crippen LogP contribution in [-0.2, 0) is 11.3 Å². The van der Waals surface area contributed by atoms with Gasteiger partial charge < -0.3 is 10.3 Å². The summed E-state index contributed by atoms with van der Waals surface area (Å²) < 4.78 is 2.00. The van der Waals surface area contributed by atoms with Crippen LogP contribution in [0.1, 0.15) is 52.4 Å². The molecule has 0 radical (unpaired) electrons. The summed E-state index contributed by atoms with van der Waals surface area (Å²) in [6, 6.07) is 0. The van der Waals surface area contributed by atoms with Gasteiger partial charge in [0.05, 0.1) is 0 Å². The number of imidazole rings is 1. The summed E-state index contributed by atoms with van der Waals surface area (Å²) in [6.07, 6.45) is 9.93. The molecule has 0 saturated heterocycles. The summed E-state index contributed by atoms with van der Waals surface area (Å²) in [5.74, 6) is 1.21. The van der Waals surface area contributed by atoms with Gasteiger partial charge in [-0.2, -0.15) is 0 Å². The van der Waals surface area contributed by atoms with Crippen LogP contribution in [0, 0.1) is 11.3 Å². The second kappa shape index (κ2) is 8.53. The van der Waals surface area contributed by atoms with E-state index in [9.17, 15) is 4.79 Å². The van der Waals surface area contributed by atoms with Crippen molar-refractivity contribution in [2.24, 2.45) is 17.1 Å². The predicted octanol–water partition coefficient (Wildman–Crippen LogP) is 3.20. The Morgan fingerprint density at radius 2 is 2.09 bits per heavy atom. The standard InChI is InChI=1S/C16H28N4O.ClH/c1-13(2)11-20-9-8-18-15(20)19-14(21)10-16(12-17)6-4-3-5-7-16;/h8-9,13H,3-7,10-12,17H2,1-2H3,(H,18,19,21);1H. The molecule has 0 bridgehead atoms. The highest BCUT2D eigenvalue weighted by Gasteiger charge is 2.33. The van der Waals surface area contributed by atoms with Crippen molar-refractivity contribution in [1.82, 2.24) is 9.55 Å². The first-order valence-electron chi connectivity index (χ1n) is 8.06. The number of halogens is 1. The molecule has 0 unspecified atom stereocenters. The van der Waals surface area contributed by atoms with E-state index in [-0.39, 0.29) is 23.7 Å². The van der Waals surface area contributed by atoms with Crippen LogP contribution in [0.15, 0.2) is 12.4 Å². The minimum Gasteiger partial charge on any atom is -0.330 e. The fourth-order valence-corrected chi connectivity index (χ4v) is 3.24. The molecule has 1 fully saturated rings. The number of rotatable bonds is 6. The van der Waals surface area contributed by atoms with Gasteiger partial charge in [-0.15, -0.1) is 12.4 Å². The van der Waals surface area contributed by atoms with Gasteiger partial charge in [0.15, 0.2) is 0 Å². The third-order valence-electron chi connectivity index (χ3n) is 4.41. The number of nitrogens with two attached hydrogens (primary N) is 1. The molecule has 0 atom stereocenters. The summed E-state index contributed by atoms with van der Waals surface area (Å²) >= 11 is 0. The number of anilines is 1. The molecule has 1 aromatic rings. The number of nitrogens with one attached hydrogen (secondary N) is 1. The number of aromatic nitrogens is 2. The number of carbonyl (C=O) groups excluding carboxylic acids is 1. The normalized spacial score (nSPS) is 17.1. The van der Waals surface area contributed by atoms with Gasteiger partial charge in [0.2, 0.25) is 11.9 Å². The highest BCUT2D eigenvalue weighted by atomic mass is 35.5. The summed E-state index contributed by atoms with van der Waals surface area (Å²) in [5, 5.41) is 2.96. The molecule has 126 valence electrons. The lowest BCUT2D eigenvalue weighted by atomic mass is 9.72. The number of hydrogen-bond donors (Lipinski definition) is 2. The Balaban J connectivity index is 0.00000242. The molecular weight excluding hydrogens is 300 g/mol. The zero-order chi connectivity index (χ0) is 15.3. The molecule has 6 heteroatoms. The average Bonchev–Trinajstić information content (AvgIpc) is 2.86. The number of carbonyl (C=O) groups is 1. The van der Waals surface area contributed by atoms with Crippen molar-refractivity contribution in [3.63, 3.8) is 0 Å². The molecule has 3 N–H and O–H groups in total. The minimum atomic E-state index is -0.00218. The highest BCUT2D eigenvalue weighted by Crippen LogP contribution is 2.38. The molecule has 1 amide bonds. The maximum atomic E-state index is 12.4. The zero-order valence-electron chi connectivity index (χ0n) is 13.7. The molecule has 5 nitrogen and oxygen atoms in total. The Hall–Kier alpha value is -1.07. The summed E-state index contributed by atoms with van der Waals surface area (Å²) in [5.41, 5.74) is 5.95. The summed E-state index contributed by atoms with van der Waals surface area (Å²) in [7, 11) is 0. The van der Waals surface area contributed by atoms with Crippen molar-refractivity contribution >= 4 is 24.3 Å². The van der Waals surface area contributed by atoms with Crippen LogP contribution >= 0.6 is 12.4 Å². The molecule has 0 aromatic carbocycles. The molecule has 1 saturated carbocycles. The van der Waals surface area contributed by atoms with Crippen LogP contribution < -0.4 is 11.1 Å². The molecule has 1 aromatic heterocycles. The van der Waals surface area contributed by atoms with Gasteiger partial charge in [0.25, 0.3) is 0 Å². The van der Waals surface area contributed by atoms with Gasteiger partial charge in [-0.25, -0.2) is 4.98 Å². The second-order valence-electron chi connectivity index (χ2n) is 6.79. The lowest BCUT2D eigenvalue weighted by molar-refractivity contribution is -0.118. The smallest absolute Gasteiger partial charge is 0.227 e. The monoisotopic (exact) mass is 328 g/mol. The number of amides is 1. The first-order valence-corrected chi connectivity index (χ1v) is 8.06. The molecular formula is C16H29ClN4O. The lowest BCUT2D eigenvalue weighted by Crippen LogP contribution is -2.36. The summed E-state index contributed by atoms with van der Waals surface area (Å²) in [4.78, 5) is 16.6. The van der Waals surface area contributed by atoms with Crippen molar-refractivity contribution in [2.75, 3.05) is 11.9 Å². The predicted molar refractivity (Wildman–Crippen MR) is 92.1 cm³/mol. The summed E-state index contributed by atoms with van der Waals surface area (Å²) in [6.45, 7) is 5.76. The van der Waals surface area contributed by atoms with Gasteiger partial charge in [0, 0.05) is 25.4 Å². The fourth-order valence-electron chi connectivity index (χ4n) is 3.24. The Labute approximate surface area is 139 Å². The molecule has 22 heavy (non-hydrogen) atoms. The number of nitrogens with zero attached hydrogens (tertiary/aromatic N) is 2. The zero-order valence-corrected chi connectivity index (χ0v) is 14.5. The topological polar surface area (TPSA) is 72.9 Å². The third-order valence-corrected chi connectivity index (χ3v) is 4.41. The largest absolute Gasteiger partial charge is 0.330 e. The quantitative estimate of drug-likeness (QED) is 0.842. The first-order chi connectivity index (χ1) is 10.0. The Kier molecular flexibility index (Phi) is 7.36. The van der Waals surface area contributed by atoms with Crippen molar-refractivity contribution < 1.29 is 4.79 Å². The van der Waals surface area contributed by atoms with Crippen molar-refractivity contribution in [3.05, 3.63) is 12.4 Å². The van der Waals surface area contributed by atoms with E-state index >= 15 is 0 Å². The van der Waals surface area contributed by atoms with E-state index in [1.54, 1.807) is 6.20 Å². The Morgan fingerprint density at radius 3 is 2.68 bits per heavy atom. The van der Waals surface area contributed by atoms with Crippen LogP contribution in [0.2, 0.25) is 0 Å². The SMILES string of the molecule is CC(C)Cn1ccnc1NC(=O)CC1(CN)CCCCC1.Cl. The lowest BCUT2D eigenvalue weighted by Gasteiger charge is -2.35. The van der Waals surface area contributed by atoms with E-state index in [4.69, 9.17) is 5.73 Å². The van der Waals surface area contributed by atoms with Crippen LogP contribution in [0.25, 0.3) is 0 Å². The fraction of sp³-hybridized carbons (Fsp3) is 0.750. The van der Waals surface area contributed by atoms with Crippen molar-refractivity contribution in [3.8, 4) is 0 Å². The van der Waals surface area contributed by atoms with Crippen molar-refractivity contribution in [1.29, 1.82) is 0 Å². The maximum absolute atomic E-state index is 12.4. The second-order valence-corrected chi connectivity index (χ2v) is 6.79. The molecule has 2 rings (SSSR count). The van der Waals surface area contributed by atoms with E-state index < -0.39 is 0 Å². The van der Waals surface area contributed by atoms with Gasteiger partial charge in [0.1, 0.15) is 0 Å². The van der Waals surface area contributed by atoms with Gasteiger partial charge in [-0.05, 0) is 30.7 Å². The van der Waals surface area contributed by atoms with Crippen molar-refractivity contribution in [2.45, 2.75) is 58.9 Å². The van der Waals surface area contributed by atoms with Gasteiger partial charge in [-0.1, -0.05) is 33.1 Å². The van der Waals surface area contributed by atoms with Gasteiger partial charge >= 0.3 is 0 Å². The van der Waals surface area contributed by atoms with Crippen LogP contribution in [0.5, 0.6) is 0 Å². The molecule has 1 heterocycles. The maximum Gasteiger partial charge on any atom is 0.227 e. The molecule has 0 aliphatic heterocycles. The molecule has 1 aliphatic carbocycles. The van der Waals surface area contributed by atoms with E-state index in [0.29, 0.717) is 24.8 Å². The minimum absolute atomic E-state index is 0. The van der Waals surface area contributed by atoms with E-state index in [0.717, 1.165) is 19.4 Å². The Morgan fingerprint density at radius 1 is 1.41 bits per heavy atom. The molecule has 1 aliphatic rings. The van der Waals surface area contributed by atoms with Gasteiger partial charge in [-0.3, -0.25) is 10.1 Å². The Bertz CT molecular complexity index is 466. The van der Waals surface area contributed by atoms with E-state index in [1.165, 1.54) is 19.3 Å². The van der Waals surface area contributed by atoms with E-state index in [1.807, 2.05) is 10.8 Å². The van der Waals surface area contributed by atoms with Crippen LogP contribution in [0.3, 0.4) is 0 Å².